The molecule has 0 unspecified atom stereocenters. The first kappa shape index (κ1) is 25.3. The van der Waals surface area contributed by atoms with Gasteiger partial charge in [0.2, 0.25) is 0 Å². The number of rotatable bonds is 7. The number of benzene rings is 3. The van der Waals surface area contributed by atoms with Crippen LogP contribution in [0.2, 0.25) is 5.02 Å². The molecule has 10 heteroatoms. The van der Waals surface area contributed by atoms with E-state index in [1.807, 2.05) is 0 Å². The number of carbonyl (C=O) groups excluding carboxylic acids is 2. The minimum Gasteiger partial charge on any atom is -0.490 e. The van der Waals surface area contributed by atoms with Crippen LogP contribution in [0.15, 0.2) is 66.2 Å². The third kappa shape index (κ3) is 5.37. The van der Waals surface area contributed by atoms with Crippen LogP contribution >= 0.6 is 23.8 Å². The first-order valence-electron chi connectivity index (χ1n) is 10.8. The van der Waals surface area contributed by atoms with E-state index in [0.717, 1.165) is 10.5 Å². The molecule has 0 spiro atoms. The summed E-state index contributed by atoms with van der Waals surface area (Å²) in [6, 6.07) is 14.5. The highest BCUT2D eigenvalue weighted by Crippen LogP contribution is 2.38. The third-order valence-electron chi connectivity index (χ3n) is 5.13. The molecular formula is C26H19ClF2N2O4S. The van der Waals surface area contributed by atoms with E-state index in [-0.39, 0.29) is 51.9 Å². The second-order valence-corrected chi connectivity index (χ2v) is 8.38. The SMILES string of the molecule is CCOc1cc(/C=C2\C(=O)NC(=S)N(c3ccccc3F)C2=O)cc(Cl)c1OCc1ccc(F)cc1. The van der Waals surface area contributed by atoms with Crippen molar-refractivity contribution in [2.24, 2.45) is 0 Å². The number of halogens is 3. The van der Waals surface area contributed by atoms with Gasteiger partial charge in [0.1, 0.15) is 23.8 Å². The molecule has 1 N–H and O–H groups in total. The number of carbonyl (C=O) groups is 2. The maximum atomic E-state index is 14.4. The van der Waals surface area contributed by atoms with Crippen molar-refractivity contribution in [1.82, 2.24) is 5.32 Å². The summed E-state index contributed by atoms with van der Waals surface area (Å²) in [5, 5.41) is 2.35. The predicted octanol–water partition coefficient (Wildman–Crippen LogP) is 5.43. The molecule has 3 aromatic carbocycles. The first-order chi connectivity index (χ1) is 17.3. The number of ether oxygens (including phenoxy) is 2. The Morgan fingerprint density at radius 2 is 1.78 bits per heavy atom. The van der Waals surface area contributed by atoms with Gasteiger partial charge in [-0.2, -0.15) is 0 Å². The zero-order valence-electron chi connectivity index (χ0n) is 18.9. The standard InChI is InChI=1S/C26H19ClF2N2O4S/c1-2-34-22-13-16(12-19(27)23(22)35-14-15-7-9-17(28)10-8-15)11-18-24(32)30-26(36)31(25(18)33)21-6-4-3-5-20(21)29/h3-13H,2,14H2,1H3,(H,30,32,36)/b18-11+. The summed E-state index contributed by atoms with van der Waals surface area (Å²) in [6.45, 7) is 2.17. The average Bonchev–Trinajstić information content (AvgIpc) is 2.83. The van der Waals surface area contributed by atoms with E-state index in [1.54, 1.807) is 31.2 Å². The fraction of sp³-hybridized carbons (Fsp3) is 0.115. The first-order valence-corrected chi connectivity index (χ1v) is 11.6. The number of amides is 2. The summed E-state index contributed by atoms with van der Waals surface area (Å²) in [7, 11) is 0. The lowest BCUT2D eigenvalue weighted by molar-refractivity contribution is -0.122. The van der Waals surface area contributed by atoms with Gasteiger partial charge in [-0.15, -0.1) is 0 Å². The summed E-state index contributed by atoms with van der Waals surface area (Å²) in [5.74, 6) is -2.03. The molecule has 0 saturated carbocycles. The molecule has 1 heterocycles. The number of nitrogens with zero attached hydrogens (tertiary/aromatic N) is 1. The smallest absolute Gasteiger partial charge is 0.270 e. The quantitative estimate of drug-likeness (QED) is 0.252. The Bertz CT molecular complexity index is 1380. The van der Waals surface area contributed by atoms with E-state index in [9.17, 15) is 18.4 Å². The van der Waals surface area contributed by atoms with Crippen LogP contribution in [0.1, 0.15) is 18.1 Å². The lowest BCUT2D eigenvalue weighted by Gasteiger charge is -2.29. The Morgan fingerprint density at radius 1 is 1.06 bits per heavy atom. The van der Waals surface area contributed by atoms with Gasteiger partial charge in [-0.3, -0.25) is 14.9 Å². The highest BCUT2D eigenvalue weighted by atomic mass is 35.5. The molecule has 0 aliphatic carbocycles. The number of hydrogen-bond acceptors (Lipinski definition) is 5. The Hall–Kier alpha value is -3.82. The summed E-state index contributed by atoms with van der Waals surface area (Å²) in [4.78, 5) is 26.7. The molecule has 0 bridgehead atoms. The molecule has 1 saturated heterocycles. The normalized spacial score (nSPS) is 14.7. The largest absolute Gasteiger partial charge is 0.490 e. The summed E-state index contributed by atoms with van der Waals surface area (Å²) in [6.07, 6.45) is 1.31. The van der Waals surface area contributed by atoms with E-state index < -0.39 is 17.6 Å². The van der Waals surface area contributed by atoms with Crippen LogP contribution in [-0.2, 0) is 16.2 Å². The van der Waals surface area contributed by atoms with Crippen molar-refractivity contribution in [3.63, 3.8) is 0 Å². The van der Waals surface area contributed by atoms with Crippen LogP contribution < -0.4 is 19.7 Å². The number of thiocarbonyl (C=S) groups is 1. The van der Waals surface area contributed by atoms with Crippen molar-refractivity contribution in [2.45, 2.75) is 13.5 Å². The highest BCUT2D eigenvalue weighted by molar-refractivity contribution is 7.80. The van der Waals surface area contributed by atoms with Gasteiger partial charge in [0, 0.05) is 0 Å². The average molecular weight is 529 g/mol. The zero-order chi connectivity index (χ0) is 25.8. The Kier molecular flexibility index (Phi) is 7.61. The molecule has 0 atom stereocenters. The maximum absolute atomic E-state index is 14.4. The fourth-order valence-corrected chi connectivity index (χ4v) is 4.03. The molecule has 0 aromatic heterocycles. The Labute approximate surface area is 216 Å². The van der Waals surface area contributed by atoms with Crippen LogP contribution in [0.4, 0.5) is 14.5 Å². The van der Waals surface area contributed by atoms with Crippen molar-refractivity contribution in [1.29, 1.82) is 0 Å². The predicted molar refractivity (Wildman–Crippen MR) is 136 cm³/mol. The van der Waals surface area contributed by atoms with Crippen LogP contribution in [0.5, 0.6) is 11.5 Å². The van der Waals surface area contributed by atoms with Gasteiger partial charge >= 0.3 is 0 Å². The van der Waals surface area contributed by atoms with E-state index in [4.69, 9.17) is 33.3 Å². The van der Waals surface area contributed by atoms with E-state index in [2.05, 4.69) is 5.32 Å². The van der Waals surface area contributed by atoms with E-state index >= 15 is 0 Å². The number of nitrogens with one attached hydrogen (secondary N) is 1. The molecule has 1 aliphatic heterocycles. The molecule has 1 fully saturated rings. The molecule has 2 amide bonds. The molecular weight excluding hydrogens is 510 g/mol. The third-order valence-corrected chi connectivity index (χ3v) is 5.70. The van der Waals surface area contributed by atoms with Gasteiger partial charge in [0.25, 0.3) is 11.8 Å². The van der Waals surface area contributed by atoms with Gasteiger partial charge in [-0.05, 0) is 72.7 Å². The molecule has 1 aliphatic rings. The molecule has 0 radical (unpaired) electrons. The van der Waals surface area contributed by atoms with E-state index in [1.165, 1.54) is 42.5 Å². The van der Waals surface area contributed by atoms with Crippen molar-refractivity contribution < 1.29 is 27.8 Å². The number of hydrogen-bond donors (Lipinski definition) is 1. The molecule has 184 valence electrons. The lowest BCUT2D eigenvalue weighted by Crippen LogP contribution is -2.54. The molecule has 36 heavy (non-hydrogen) atoms. The summed E-state index contributed by atoms with van der Waals surface area (Å²) in [5.41, 5.74) is 0.730. The molecule has 4 rings (SSSR count). The minimum atomic E-state index is -0.792. The van der Waals surface area contributed by atoms with Crippen molar-refractivity contribution in [3.8, 4) is 11.5 Å². The summed E-state index contributed by atoms with van der Waals surface area (Å²) < 4.78 is 39.0. The van der Waals surface area contributed by atoms with Gasteiger partial charge < -0.3 is 9.47 Å². The van der Waals surface area contributed by atoms with Crippen molar-refractivity contribution in [3.05, 3.63) is 94.0 Å². The van der Waals surface area contributed by atoms with Crippen LogP contribution in [-0.4, -0.2) is 23.5 Å². The van der Waals surface area contributed by atoms with Crippen LogP contribution in [0.3, 0.4) is 0 Å². The van der Waals surface area contributed by atoms with Crippen molar-refractivity contribution in [2.75, 3.05) is 11.5 Å². The van der Waals surface area contributed by atoms with Gasteiger partial charge in [-0.1, -0.05) is 35.9 Å². The van der Waals surface area contributed by atoms with Crippen molar-refractivity contribution >= 4 is 52.5 Å². The molecule has 6 nitrogen and oxygen atoms in total. The highest BCUT2D eigenvalue weighted by Gasteiger charge is 2.35. The van der Waals surface area contributed by atoms with Gasteiger partial charge in [-0.25, -0.2) is 13.7 Å². The molecule has 3 aromatic rings. The summed E-state index contributed by atoms with van der Waals surface area (Å²) >= 11 is 11.6. The lowest BCUT2D eigenvalue weighted by atomic mass is 10.1. The second-order valence-electron chi connectivity index (χ2n) is 7.59. The van der Waals surface area contributed by atoms with Crippen LogP contribution in [0.25, 0.3) is 6.08 Å². The second kappa shape index (κ2) is 10.8. The monoisotopic (exact) mass is 528 g/mol. The Balaban J connectivity index is 1.66. The maximum Gasteiger partial charge on any atom is 0.270 e. The van der Waals surface area contributed by atoms with Gasteiger partial charge in [0.15, 0.2) is 16.6 Å². The van der Waals surface area contributed by atoms with Crippen LogP contribution in [0, 0.1) is 11.6 Å². The fourth-order valence-electron chi connectivity index (χ4n) is 3.49. The minimum absolute atomic E-state index is 0.0871. The van der Waals surface area contributed by atoms with Gasteiger partial charge in [0.05, 0.1) is 17.3 Å². The Morgan fingerprint density at radius 3 is 2.47 bits per heavy atom. The number of anilines is 1. The number of para-hydroxylation sites is 1. The van der Waals surface area contributed by atoms with E-state index in [0.29, 0.717) is 5.56 Å². The topological polar surface area (TPSA) is 67.9 Å². The zero-order valence-corrected chi connectivity index (χ0v) is 20.5.